The number of amides is 1. The molecule has 0 spiro atoms. The number of fused-ring (bicyclic) bond motifs is 3. The molecule has 7 heteroatoms. The summed E-state index contributed by atoms with van der Waals surface area (Å²) in [6.07, 6.45) is 5.97. The smallest absolute Gasteiger partial charge is 0.277 e. The van der Waals surface area contributed by atoms with Gasteiger partial charge >= 0.3 is 0 Å². The van der Waals surface area contributed by atoms with Gasteiger partial charge in [0.2, 0.25) is 0 Å². The second kappa shape index (κ2) is 7.91. The summed E-state index contributed by atoms with van der Waals surface area (Å²) in [5.74, 6) is 0.631. The standard InChI is InChI=1S/C24H24N4O3/c1-31-19-8-4-5-16(13-19)15-27-22-14-17(23(29)26-18-6-2-3-7-18)9-10-20(22)28-21(24(27)30)11-12-25-28/h4-5,8-14,18H,2-3,6-7,15H2,1H3,(H,26,29). The zero-order valence-corrected chi connectivity index (χ0v) is 17.4. The molecule has 1 amide bonds. The van der Waals surface area contributed by atoms with E-state index in [1.807, 2.05) is 30.3 Å². The highest BCUT2D eigenvalue weighted by atomic mass is 16.5. The molecule has 1 aliphatic carbocycles. The molecule has 0 saturated heterocycles. The van der Waals surface area contributed by atoms with Crippen LogP contribution in [0.1, 0.15) is 41.6 Å². The number of nitrogens with one attached hydrogen (secondary N) is 1. The number of ether oxygens (including phenoxy) is 1. The van der Waals surface area contributed by atoms with Gasteiger partial charge in [-0.1, -0.05) is 25.0 Å². The van der Waals surface area contributed by atoms with Crippen LogP contribution in [0, 0.1) is 0 Å². The highest BCUT2D eigenvalue weighted by Gasteiger charge is 2.19. The summed E-state index contributed by atoms with van der Waals surface area (Å²) in [7, 11) is 1.62. The minimum absolute atomic E-state index is 0.102. The van der Waals surface area contributed by atoms with Crippen molar-refractivity contribution in [2.45, 2.75) is 38.3 Å². The number of benzene rings is 2. The summed E-state index contributed by atoms with van der Waals surface area (Å²) in [6.45, 7) is 0.363. The van der Waals surface area contributed by atoms with Crippen molar-refractivity contribution in [1.82, 2.24) is 19.5 Å². The Bertz CT molecular complexity index is 1330. The summed E-state index contributed by atoms with van der Waals surface area (Å²) in [4.78, 5) is 26.2. The van der Waals surface area contributed by atoms with E-state index in [-0.39, 0.29) is 17.5 Å². The SMILES string of the molecule is COc1cccc(Cn2c(=O)c3ccnn3c3ccc(C(=O)NC4CCCC4)cc32)c1. The summed E-state index contributed by atoms with van der Waals surface area (Å²) in [6, 6.07) is 15.0. The van der Waals surface area contributed by atoms with Gasteiger partial charge in [0.1, 0.15) is 11.3 Å². The summed E-state index contributed by atoms with van der Waals surface area (Å²) < 4.78 is 8.67. The van der Waals surface area contributed by atoms with Crippen LogP contribution < -0.4 is 15.6 Å². The van der Waals surface area contributed by atoms with Gasteiger partial charge in [-0.15, -0.1) is 0 Å². The molecular formula is C24H24N4O3. The summed E-state index contributed by atoms with van der Waals surface area (Å²) in [5, 5.41) is 7.45. The maximum absolute atomic E-state index is 13.3. The lowest BCUT2D eigenvalue weighted by Gasteiger charge is -2.15. The van der Waals surface area contributed by atoms with Crippen LogP contribution >= 0.6 is 0 Å². The fourth-order valence-corrected chi connectivity index (χ4v) is 4.41. The molecule has 0 unspecified atom stereocenters. The third-order valence-electron chi connectivity index (χ3n) is 6.03. The van der Waals surface area contributed by atoms with Crippen LogP contribution in [0.4, 0.5) is 0 Å². The highest BCUT2D eigenvalue weighted by Crippen LogP contribution is 2.21. The molecule has 0 atom stereocenters. The number of carbonyl (C=O) groups is 1. The van der Waals surface area contributed by atoms with Gasteiger partial charge in [-0.3, -0.25) is 9.59 Å². The van der Waals surface area contributed by atoms with Crippen molar-refractivity contribution >= 4 is 22.5 Å². The number of hydrogen-bond donors (Lipinski definition) is 1. The molecule has 0 radical (unpaired) electrons. The Balaban J connectivity index is 1.62. The zero-order chi connectivity index (χ0) is 21.4. The second-order valence-electron chi connectivity index (χ2n) is 8.03. The Morgan fingerprint density at radius 1 is 1.10 bits per heavy atom. The topological polar surface area (TPSA) is 77.6 Å². The molecule has 1 aliphatic rings. The first kappa shape index (κ1) is 19.4. The van der Waals surface area contributed by atoms with E-state index in [0.29, 0.717) is 23.1 Å². The van der Waals surface area contributed by atoms with E-state index >= 15 is 0 Å². The monoisotopic (exact) mass is 416 g/mol. The number of hydrogen-bond acceptors (Lipinski definition) is 4. The molecule has 2 heterocycles. The van der Waals surface area contributed by atoms with Gasteiger partial charge in [0.15, 0.2) is 0 Å². The van der Waals surface area contributed by atoms with Crippen molar-refractivity contribution in [2.75, 3.05) is 7.11 Å². The molecule has 4 aromatic rings. The number of aromatic nitrogens is 3. The molecule has 5 rings (SSSR count). The first-order valence-corrected chi connectivity index (χ1v) is 10.6. The molecular weight excluding hydrogens is 392 g/mol. The lowest BCUT2D eigenvalue weighted by molar-refractivity contribution is 0.0938. The predicted molar refractivity (Wildman–Crippen MR) is 119 cm³/mol. The zero-order valence-electron chi connectivity index (χ0n) is 17.4. The maximum Gasteiger partial charge on any atom is 0.277 e. The molecule has 0 aliphatic heterocycles. The molecule has 7 nitrogen and oxygen atoms in total. The van der Waals surface area contributed by atoms with Gasteiger partial charge in [0.25, 0.3) is 11.5 Å². The van der Waals surface area contributed by atoms with Crippen LogP contribution in [0.15, 0.2) is 59.5 Å². The third kappa shape index (κ3) is 3.56. The van der Waals surface area contributed by atoms with Crippen LogP contribution in [-0.4, -0.2) is 33.2 Å². The minimum Gasteiger partial charge on any atom is -0.497 e. The van der Waals surface area contributed by atoms with E-state index in [1.165, 1.54) is 0 Å². The van der Waals surface area contributed by atoms with E-state index in [1.54, 1.807) is 40.6 Å². The highest BCUT2D eigenvalue weighted by molar-refractivity contribution is 5.97. The summed E-state index contributed by atoms with van der Waals surface area (Å²) in [5.41, 5.74) is 3.28. The predicted octanol–water partition coefficient (Wildman–Crippen LogP) is 3.38. The Morgan fingerprint density at radius 3 is 2.74 bits per heavy atom. The molecule has 1 fully saturated rings. The quantitative estimate of drug-likeness (QED) is 0.541. The van der Waals surface area contributed by atoms with Crippen LogP contribution in [-0.2, 0) is 6.54 Å². The van der Waals surface area contributed by atoms with Gasteiger partial charge in [-0.05, 0) is 54.8 Å². The molecule has 1 N–H and O–H groups in total. The molecule has 2 aromatic heterocycles. The Morgan fingerprint density at radius 2 is 1.94 bits per heavy atom. The number of rotatable bonds is 5. The maximum atomic E-state index is 13.3. The van der Waals surface area contributed by atoms with Gasteiger partial charge < -0.3 is 14.6 Å². The largest absolute Gasteiger partial charge is 0.497 e. The number of methoxy groups -OCH3 is 1. The first-order valence-electron chi connectivity index (χ1n) is 10.6. The van der Waals surface area contributed by atoms with Gasteiger partial charge in [0.05, 0.1) is 30.9 Å². The first-order chi connectivity index (χ1) is 15.1. The van der Waals surface area contributed by atoms with E-state index in [9.17, 15) is 9.59 Å². The fraction of sp³-hybridized carbons (Fsp3) is 0.292. The van der Waals surface area contributed by atoms with Crippen molar-refractivity contribution in [2.24, 2.45) is 0 Å². The molecule has 31 heavy (non-hydrogen) atoms. The van der Waals surface area contributed by atoms with Crippen LogP contribution in [0.2, 0.25) is 0 Å². The number of nitrogens with zero attached hydrogens (tertiary/aromatic N) is 3. The van der Waals surface area contributed by atoms with Gasteiger partial charge in [-0.25, -0.2) is 4.52 Å². The minimum atomic E-state index is -0.152. The molecule has 158 valence electrons. The lowest BCUT2D eigenvalue weighted by atomic mass is 10.1. The van der Waals surface area contributed by atoms with E-state index < -0.39 is 0 Å². The van der Waals surface area contributed by atoms with Gasteiger partial charge in [-0.2, -0.15) is 5.10 Å². The molecule has 1 saturated carbocycles. The van der Waals surface area contributed by atoms with Crippen LogP contribution in [0.25, 0.3) is 16.6 Å². The molecule has 2 aromatic carbocycles. The lowest BCUT2D eigenvalue weighted by Crippen LogP contribution is -2.32. The number of carbonyl (C=O) groups excluding carboxylic acids is 1. The van der Waals surface area contributed by atoms with Crippen molar-refractivity contribution < 1.29 is 9.53 Å². The average Bonchev–Trinajstić information content (AvgIpc) is 3.49. The van der Waals surface area contributed by atoms with Crippen molar-refractivity contribution in [3.05, 3.63) is 76.2 Å². The van der Waals surface area contributed by atoms with Crippen molar-refractivity contribution in [1.29, 1.82) is 0 Å². The molecule has 0 bridgehead atoms. The van der Waals surface area contributed by atoms with Crippen LogP contribution in [0.3, 0.4) is 0 Å². The van der Waals surface area contributed by atoms with Crippen LogP contribution in [0.5, 0.6) is 5.75 Å². The Kier molecular flexibility index (Phi) is 4.94. The Hall–Kier alpha value is -3.61. The van der Waals surface area contributed by atoms with Crippen molar-refractivity contribution in [3.63, 3.8) is 0 Å². The van der Waals surface area contributed by atoms with E-state index in [0.717, 1.165) is 42.5 Å². The van der Waals surface area contributed by atoms with E-state index in [4.69, 9.17) is 4.74 Å². The third-order valence-corrected chi connectivity index (χ3v) is 6.03. The fourth-order valence-electron chi connectivity index (χ4n) is 4.41. The average molecular weight is 416 g/mol. The van der Waals surface area contributed by atoms with Crippen molar-refractivity contribution in [3.8, 4) is 5.75 Å². The normalized spacial score (nSPS) is 14.4. The Labute approximate surface area is 179 Å². The summed E-state index contributed by atoms with van der Waals surface area (Å²) >= 11 is 0. The van der Waals surface area contributed by atoms with Gasteiger partial charge in [0, 0.05) is 11.6 Å². The second-order valence-corrected chi connectivity index (χ2v) is 8.03. The van der Waals surface area contributed by atoms with E-state index in [2.05, 4.69) is 10.4 Å².